The van der Waals surface area contributed by atoms with E-state index in [0.717, 1.165) is 42.3 Å². The molecule has 0 bridgehead atoms. The van der Waals surface area contributed by atoms with E-state index in [9.17, 15) is 0 Å². The van der Waals surface area contributed by atoms with Gasteiger partial charge in [0, 0.05) is 25.2 Å². The molecule has 4 nitrogen and oxygen atoms in total. The van der Waals surface area contributed by atoms with E-state index in [1.165, 1.54) is 12.8 Å². The van der Waals surface area contributed by atoms with Gasteiger partial charge < -0.3 is 20.1 Å². The van der Waals surface area contributed by atoms with E-state index in [4.69, 9.17) is 15.2 Å². The van der Waals surface area contributed by atoms with Gasteiger partial charge in [0.1, 0.15) is 11.5 Å². The Morgan fingerprint density at radius 3 is 2.25 bits per heavy atom. The molecule has 1 saturated heterocycles. The van der Waals surface area contributed by atoms with Crippen molar-refractivity contribution < 1.29 is 9.47 Å². The minimum atomic E-state index is 0. The minimum absolute atomic E-state index is 0. The van der Waals surface area contributed by atoms with Crippen molar-refractivity contribution in [1.82, 2.24) is 0 Å². The van der Waals surface area contributed by atoms with Crippen molar-refractivity contribution in [1.29, 1.82) is 0 Å². The Labute approximate surface area is 127 Å². The molecule has 2 N–H and O–H groups in total. The highest BCUT2D eigenvalue weighted by Gasteiger charge is 2.19. The van der Waals surface area contributed by atoms with Gasteiger partial charge in [-0.2, -0.15) is 0 Å². The van der Waals surface area contributed by atoms with Crippen molar-refractivity contribution in [2.75, 3.05) is 32.2 Å². The van der Waals surface area contributed by atoms with E-state index in [1.807, 2.05) is 6.92 Å². The average Bonchev–Trinajstić information content (AvgIpc) is 2.91. The van der Waals surface area contributed by atoms with Gasteiger partial charge in [0.15, 0.2) is 0 Å². The summed E-state index contributed by atoms with van der Waals surface area (Å²) in [6.45, 7) is 4.18. The summed E-state index contributed by atoms with van der Waals surface area (Å²) >= 11 is 0. The van der Waals surface area contributed by atoms with Crippen LogP contribution < -0.4 is 20.1 Å². The molecule has 2 rings (SSSR count). The molecule has 1 unspecified atom stereocenters. The third kappa shape index (κ3) is 3.70. The fourth-order valence-corrected chi connectivity index (χ4v) is 2.66. The van der Waals surface area contributed by atoms with Crippen LogP contribution in [0.4, 0.5) is 5.69 Å². The number of rotatable bonds is 5. The predicted octanol–water partition coefficient (Wildman–Crippen LogP) is 2.62. The molecular weight excluding hydrogens is 276 g/mol. The quantitative estimate of drug-likeness (QED) is 0.908. The Kier molecular flexibility index (Phi) is 6.43. The summed E-state index contributed by atoms with van der Waals surface area (Å²) in [6, 6.07) is 4.26. The van der Waals surface area contributed by atoms with Gasteiger partial charge in [-0.25, -0.2) is 0 Å². The van der Waals surface area contributed by atoms with E-state index in [2.05, 4.69) is 17.0 Å². The molecule has 0 radical (unpaired) electrons. The molecule has 5 heteroatoms. The van der Waals surface area contributed by atoms with E-state index in [0.29, 0.717) is 0 Å². The topological polar surface area (TPSA) is 47.7 Å². The average molecular weight is 301 g/mol. The van der Waals surface area contributed by atoms with Gasteiger partial charge in [-0.1, -0.05) is 0 Å². The molecule has 0 aromatic heterocycles. The Hall–Kier alpha value is -1.13. The van der Waals surface area contributed by atoms with Crippen LogP contribution in [0.25, 0.3) is 0 Å². The third-order valence-electron chi connectivity index (χ3n) is 3.57. The number of methoxy groups -OCH3 is 2. The number of anilines is 1. The molecule has 114 valence electrons. The van der Waals surface area contributed by atoms with Crippen LogP contribution in [0, 0.1) is 0 Å². The van der Waals surface area contributed by atoms with Gasteiger partial charge in [0.05, 0.1) is 19.9 Å². The maximum atomic E-state index is 5.89. The molecule has 0 saturated carbocycles. The first-order chi connectivity index (χ1) is 9.15. The van der Waals surface area contributed by atoms with Crippen molar-refractivity contribution in [3.8, 4) is 11.5 Å². The summed E-state index contributed by atoms with van der Waals surface area (Å²) in [6.07, 6.45) is 3.28. The molecule has 0 aliphatic carbocycles. The monoisotopic (exact) mass is 300 g/mol. The summed E-state index contributed by atoms with van der Waals surface area (Å²) < 4.78 is 11.0. The number of benzene rings is 1. The van der Waals surface area contributed by atoms with Crippen molar-refractivity contribution in [3.05, 3.63) is 17.7 Å². The van der Waals surface area contributed by atoms with Gasteiger partial charge in [0.2, 0.25) is 0 Å². The lowest BCUT2D eigenvalue weighted by Crippen LogP contribution is -2.20. The second-order valence-electron chi connectivity index (χ2n) is 5.21. The Bertz CT molecular complexity index is 432. The standard InChI is InChI=1S/C15H24N2O2.ClH/c1-11(16)8-12-9-15(19-3)13(10-14(12)18-2)17-6-4-5-7-17;/h9-11H,4-8,16H2,1-3H3;1H. The molecule has 0 amide bonds. The number of nitrogens with two attached hydrogens (primary N) is 1. The van der Waals surface area contributed by atoms with E-state index in [1.54, 1.807) is 14.2 Å². The summed E-state index contributed by atoms with van der Waals surface area (Å²) in [7, 11) is 3.43. The van der Waals surface area contributed by atoms with E-state index >= 15 is 0 Å². The number of nitrogens with zero attached hydrogens (tertiary/aromatic N) is 1. The van der Waals surface area contributed by atoms with Crippen LogP contribution in [-0.2, 0) is 6.42 Å². The van der Waals surface area contributed by atoms with Crippen LogP contribution >= 0.6 is 12.4 Å². The van der Waals surface area contributed by atoms with Crippen LogP contribution in [0.3, 0.4) is 0 Å². The lowest BCUT2D eigenvalue weighted by Gasteiger charge is -2.23. The normalized spacial score (nSPS) is 15.7. The maximum absolute atomic E-state index is 5.89. The zero-order valence-electron chi connectivity index (χ0n) is 12.5. The van der Waals surface area contributed by atoms with Crippen LogP contribution in [0.2, 0.25) is 0 Å². The Morgan fingerprint density at radius 1 is 1.15 bits per heavy atom. The third-order valence-corrected chi connectivity index (χ3v) is 3.57. The van der Waals surface area contributed by atoms with Crippen LogP contribution in [0.15, 0.2) is 12.1 Å². The Balaban J connectivity index is 0.00000200. The van der Waals surface area contributed by atoms with Gasteiger partial charge in [-0.3, -0.25) is 0 Å². The number of hydrogen-bond donors (Lipinski definition) is 1. The number of halogens is 1. The fourth-order valence-electron chi connectivity index (χ4n) is 2.66. The molecule has 20 heavy (non-hydrogen) atoms. The van der Waals surface area contributed by atoms with E-state index < -0.39 is 0 Å². The number of ether oxygens (including phenoxy) is 2. The minimum Gasteiger partial charge on any atom is -0.496 e. The van der Waals surface area contributed by atoms with Crippen molar-refractivity contribution in [2.24, 2.45) is 5.73 Å². The molecule has 1 aromatic carbocycles. The second-order valence-corrected chi connectivity index (χ2v) is 5.21. The van der Waals surface area contributed by atoms with Crippen LogP contribution in [0.1, 0.15) is 25.3 Å². The molecule has 1 aromatic rings. The first-order valence-corrected chi connectivity index (χ1v) is 6.91. The van der Waals surface area contributed by atoms with E-state index in [-0.39, 0.29) is 18.4 Å². The zero-order valence-corrected chi connectivity index (χ0v) is 13.3. The molecule has 1 fully saturated rings. The second kappa shape index (κ2) is 7.60. The summed E-state index contributed by atoms with van der Waals surface area (Å²) in [4.78, 5) is 2.36. The summed E-state index contributed by atoms with van der Waals surface area (Å²) in [5, 5.41) is 0. The van der Waals surface area contributed by atoms with Gasteiger partial charge in [-0.15, -0.1) is 12.4 Å². The smallest absolute Gasteiger partial charge is 0.142 e. The van der Waals surface area contributed by atoms with Crippen molar-refractivity contribution in [3.63, 3.8) is 0 Å². The van der Waals surface area contributed by atoms with Gasteiger partial charge >= 0.3 is 0 Å². The van der Waals surface area contributed by atoms with Gasteiger partial charge in [-0.05, 0) is 37.8 Å². The lowest BCUT2D eigenvalue weighted by atomic mass is 10.0. The summed E-state index contributed by atoms with van der Waals surface area (Å²) in [5.74, 6) is 1.82. The largest absolute Gasteiger partial charge is 0.496 e. The van der Waals surface area contributed by atoms with Crippen LogP contribution in [-0.4, -0.2) is 33.4 Å². The Morgan fingerprint density at radius 2 is 1.75 bits per heavy atom. The maximum Gasteiger partial charge on any atom is 0.142 e. The highest BCUT2D eigenvalue weighted by molar-refractivity contribution is 5.85. The van der Waals surface area contributed by atoms with Crippen LogP contribution in [0.5, 0.6) is 11.5 Å². The predicted molar refractivity (Wildman–Crippen MR) is 85.6 cm³/mol. The fraction of sp³-hybridized carbons (Fsp3) is 0.600. The number of hydrogen-bond acceptors (Lipinski definition) is 4. The first kappa shape index (κ1) is 16.9. The molecule has 1 heterocycles. The lowest BCUT2D eigenvalue weighted by molar-refractivity contribution is 0.398. The van der Waals surface area contributed by atoms with Crippen molar-refractivity contribution in [2.45, 2.75) is 32.2 Å². The first-order valence-electron chi connectivity index (χ1n) is 6.91. The highest BCUT2D eigenvalue weighted by Crippen LogP contribution is 2.37. The molecule has 1 aliphatic heterocycles. The molecule has 1 aliphatic rings. The molecule has 0 spiro atoms. The highest BCUT2D eigenvalue weighted by atomic mass is 35.5. The van der Waals surface area contributed by atoms with Crippen molar-refractivity contribution >= 4 is 18.1 Å². The van der Waals surface area contributed by atoms with Gasteiger partial charge in [0.25, 0.3) is 0 Å². The zero-order chi connectivity index (χ0) is 13.8. The molecular formula is C15H25ClN2O2. The summed E-state index contributed by atoms with van der Waals surface area (Å²) in [5.41, 5.74) is 8.13. The molecule has 1 atom stereocenters. The SMILES string of the molecule is COc1cc(N2CCCC2)c(OC)cc1CC(C)N.Cl.